The Kier molecular flexibility index (Phi) is 2.31. The van der Waals surface area contributed by atoms with Gasteiger partial charge >= 0.3 is 5.97 Å². The van der Waals surface area contributed by atoms with Crippen molar-refractivity contribution in [3.63, 3.8) is 0 Å². The molecule has 62 valence electrons. The average Bonchev–Trinajstić information content (AvgIpc) is 2.45. The zero-order chi connectivity index (χ0) is 9.14. The Balaban J connectivity index is 3.12. The fourth-order valence-electron chi connectivity index (χ4n) is 0.695. The van der Waals surface area contributed by atoms with Crippen LogP contribution >= 0.6 is 11.3 Å². The summed E-state index contributed by atoms with van der Waals surface area (Å²) in [5.74, 6) is -0.493. The summed E-state index contributed by atoms with van der Waals surface area (Å²) >= 11 is 1.12. The van der Waals surface area contributed by atoms with Gasteiger partial charge in [0.05, 0.1) is 19.4 Å². The molecule has 1 heterocycles. The van der Waals surface area contributed by atoms with Crippen molar-refractivity contribution < 1.29 is 9.53 Å². The number of carbonyl (C=O) groups excluding carboxylic acids is 1. The molecule has 0 aliphatic heterocycles. The van der Waals surface area contributed by atoms with E-state index in [0.717, 1.165) is 11.3 Å². The maximum Gasteiger partial charge on any atom is 0.348 e. The summed E-state index contributed by atoms with van der Waals surface area (Å²) in [4.78, 5) is 14.4. The predicted molar refractivity (Wildman–Crippen MR) is 46.3 cm³/mol. The highest BCUT2D eigenvalue weighted by molar-refractivity contribution is 7.13. The van der Waals surface area contributed by atoms with Crippen molar-refractivity contribution in [2.45, 2.75) is 0 Å². The number of esters is 1. The van der Waals surface area contributed by atoms with Gasteiger partial charge in [0, 0.05) is 0 Å². The van der Waals surface area contributed by atoms with Crippen LogP contribution in [0.4, 0.5) is 11.4 Å². The van der Waals surface area contributed by atoms with Gasteiger partial charge in [0.25, 0.3) is 0 Å². The lowest BCUT2D eigenvalue weighted by Gasteiger charge is -1.95. The number of thiophene rings is 1. The standard InChI is InChI=1S/C7H6N2O2S/c1-9-4-3-12-6(5(4)8)7(10)11-2/h3H,8H2,2H3. The van der Waals surface area contributed by atoms with Gasteiger partial charge in [-0.1, -0.05) is 0 Å². The van der Waals surface area contributed by atoms with Crippen molar-refractivity contribution in [2.75, 3.05) is 12.8 Å². The molecule has 0 aliphatic rings. The first kappa shape index (κ1) is 8.56. The molecule has 0 radical (unpaired) electrons. The van der Waals surface area contributed by atoms with Gasteiger partial charge in [0.2, 0.25) is 5.69 Å². The molecule has 1 rings (SSSR count). The molecule has 0 unspecified atom stereocenters. The van der Waals surface area contributed by atoms with E-state index in [2.05, 4.69) is 9.58 Å². The van der Waals surface area contributed by atoms with E-state index in [-0.39, 0.29) is 5.69 Å². The number of nitrogen functional groups attached to an aromatic ring is 1. The van der Waals surface area contributed by atoms with Gasteiger partial charge in [-0.25, -0.2) is 9.64 Å². The predicted octanol–water partition coefficient (Wildman–Crippen LogP) is 1.67. The Morgan fingerprint density at radius 2 is 2.50 bits per heavy atom. The molecule has 0 atom stereocenters. The van der Waals surface area contributed by atoms with E-state index >= 15 is 0 Å². The van der Waals surface area contributed by atoms with E-state index in [1.54, 1.807) is 0 Å². The fraction of sp³-hybridized carbons (Fsp3) is 0.143. The van der Waals surface area contributed by atoms with Crippen molar-refractivity contribution in [3.05, 3.63) is 21.7 Å². The number of ether oxygens (including phenoxy) is 1. The van der Waals surface area contributed by atoms with Crippen LogP contribution in [-0.2, 0) is 4.74 Å². The molecule has 4 nitrogen and oxygen atoms in total. The second-order valence-corrected chi connectivity index (χ2v) is 2.85. The minimum atomic E-state index is -0.493. The topological polar surface area (TPSA) is 56.7 Å². The highest BCUT2D eigenvalue weighted by atomic mass is 32.1. The number of anilines is 1. The van der Waals surface area contributed by atoms with Gasteiger partial charge in [-0.05, 0) is 5.38 Å². The molecule has 2 N–H and O–H groups in total. The summed E-state index contributed by atoms with van der Waals surface area (Å²) < 4.78 is 4.46. The zero-order valence-corrected chi connectivity index (χ0v) is 7.14. The monoisotopic (exact) mass is 182 g/mol. The Morgan fingerprint density at radius 3 is 2.92 bits per heavy atom. The van der Waals surface area contributed by atoms with Crippen LogP contribution in [0.25, 0.3) is 4.85 Å². The lowest BCUT2D eigenvalue weighted by molar-refractivity contribution is 0.0607. The van der Waals surface area contributed by atoms with Gasteiger partial charge in [0.1, 0.15) is 4.88 Å². The van der Waals surface area contributed by atoms with E-state index < -0.39 is 5.97 Å². The molecule has 0 spiro atoms. The molecule has 12 heavy (non-hydrogen) atoms. The first-order valence-electron chi connectivity index (χ1n) is 3.03. The first-order valence-corrected chi connectivity index (χ1v) is 3.91. The largest absolute Gasteiger partial charge is 0.465 e. The van der Waals surface area contributed by atoms with Crippen molar-refractivity contribution >= 4 is 28.7 Å². The maximum atomic E-state index is 11.0. The SMILES string of the molecule is [C-]#[N+]c1csc(C(=O)OC)c1N. The minimum Gasteiger partial charge on any atom is -0.465 e. The minimum absolute atomic E-state index is 0.210. The second-order valence-electron chi connectivity index (χ2n) is 1.97. The van der Waals surface area contributed by atoms with Crippen molar-refractivity contribution in [2.24, 2.45) is 0 Å². The van der Waals surface area contributed by atoms with Gasteiger partial charge in [-0.15, -0.1) is 11.3 Å². The molecule has 0 fully saturated rings. The highest BCUT2D eigenvalue weighted by Gasteiger charge is 2.15. The van der Waals surface area contributed by atoms with Crippen LogP contribution < -0.4 is 5.73 Å². The van der Waals surface area contributed by atoms with Crippen LogP contribution in [0.1, 0.15) is 9.67 Å². The number of nitrogens with two attached hydrogens (primary N) is 1. The molecule has 1 aromatic heterocycles. The van der Waals surface area contributed by atoms with Crippen LogP contribution in [0.5, 0.6) is 0 Å². The van der Waals surface area contributed by atoms with Gasteiger partial charge in [-0.3, -0.25) is 0 Å². The van der Waals surface area contributed by atoms with E-state index in [1.165, 1.54) is 12.5 Å². The molecule has 0 aliphatic carbocycles. The summed E-state index contributed by atoms with van der Waals surface area (Å²) in [6, 6.07) is 0. The summed E-state index contributed by atoms with van der Waals surface area (Å²) in [7, 11) is 1.28. The Labute approximate surface area is 73.4 Å². The van der Waals surface area contributed by atoms with Gasteiger partial charge in [-0.2, -0.15) is 0 Å². The Morgan fingerprint density at radius 1 is 1.83 bits per heavy atom. The van der Waals surface area contributed by atoms with Crippen molar-refractivity contribution in [1.29, 1.82) is 0 Å². The van der Waals surface area contributed by atoms with Crippen LogP contribution in [0.3, 0.4) is 0 Å². The van der Waals surface area contributed by atoms with Crippen molar-refractivity contribution in [1.82, 2.24) is 0 Å². The number of methoxy groups -OCH3 is 1. The number of nitrogens with zero attached hydrogens (tertiary/aromatic N) is 1. The molecule has 0 aromatic carbocycles. The first-order chi connectivity index (χ1) is 5.70. The quantitative estimate of drug-likeness (QED) is 0.531. The van der Waals surface area contributed by atoms with Gasteiger partial charge in [0.15, 0.2) is 0 Å². The average molecular weight is 182 g/mol. The summed E-state index contributed by atoms with van der Waals surface area (Å²) in [6.07, 6.45) is 0. The van der Waals surface area contributed by atoms with Crippen molar-refractivity contribution in [3.8, 4) is 0 Å². The summed E-state index contributed by atoms with van der Waals surface area (Å²) in [5.41, 5.74) is 6.00. The van der Waals surface area contributed by atoms with E-state index in [4.69, 9.17) is 12.3 Å². The zero-order valence-electron chi connectivity index (χ0n) is 6.33. The highest BCUT2D eigenvalue weighted by Crippen LogP contribution is 2.32. The maximum absolute atomic E-state index is 11.0. The number of hydrogen-bond donors (Lipinski definition) is 1. The number of hydrogen-bond acceptors (Lipinski definition) is 4. The molecule has 1 aromatic rings. The van der Waals surface area contributed by atoms with E-state index in [1.807, 2.05) is 0 Å². The molecule has 5 heteroatoms. The fourth-order valence-corrected chi connectivity index (χ4v) is 1.52. The lowest BCUT2D eigenvalue weighted by Crippen LogP contribution is -2.01. The van der Waals surface area contributed by atoms with Gasteiger partial charge < -0.3 is 10.5 Å². The molecular weight excluding hydrogens is 176 g/mol. The summed E-state index contributed by atoms with van der Waals surface area (Å²) in [6.45, 7) is 6.70. The molecule has 0 bridgehead atoms. The molecule has 0 saturated carbocycles. The number of rotatable bonds is 1. The van der Waals surface area contributed by atoms with Crippen LogP contribution in [0.2, 0.25) is 0 Å². The number of carbonyl (C=O) groups is 1. The van der Waals surface area contributed by atoms with E-state index in [0.29, 0.717) is 10.6 Å². The smallest absolute Gasteiger partial charge is 0.348 e. The molecular formula is C7H6N2O2S. The molecule has 0 amide bonds. The van der Waals surface area contributed by atoms with Crippen LogP contribution in [0.15, 0.2) is 5.38 Å². The second kappa shape index (κ2) is 3.24. The van der Waals surface area contributed by atoms with E-state index in [9.17, 15) is 4.79 Å². The Bertz CT molecular complexity index is 351. The van der Waals surface area contributed by atoms with Crippen LogP contribution in [0, 0.1) is 6.57 Å². The third-order valence-corrected chi connectivity index (χ3v) is 2.26. The summed E-state index contributed by atoms with van der Waals surface area (Å²) in [5, 5.41) is 1.54. The third-order valence-electron chi connectivity index (χ3n) is 1.30. The normalized spacial score (nSPS) is 9.00. The lowest BCUT2D eigenvalue weighted by atomic mass is 10.3. The third kappa shape index (κ3) is 1.24. The Hall–Kier alpha value is -1.54. The molecule has 0 saturated heterocycles. The van der Waals surface area contributed by atoms with Crippen LogP contribution in [-0.4, -0.2) is 13.1 Å².